The van der Waals surface area contributed by atoms with Crippen molar-refractivity contribution < 1.29 is 0 Å². The normalized spacial score (nSPS) is 17.9. The highest BCUT2D eigenvalue weighted by molar-refractivity contribution is 5.08. The second-order valence-electron chi connectivity index (χ2n) is 3.25. The van der Waals surface area contributed by atoms with Gasteiger partial charge < -0.3 is 5.73 Å². The molecule has 0 aromatic carbocycles. The van der Waals surface area contributed by atoms with Crippen LogP contribution in [0.15, 0.2) is 0 Å². The molecule has 0 aromatic rings. The van der Waals surface area contributed by atoms with Gasteiger partial charge in [-0.05, 0) is 12.8 Å². The van der Waals surface area contributed by atoms with Gasteiger partial charge in [-0.3, -0.25) is 0 Å². The van der Waals surface area contributed by atoms with Gasteiger partial charge in [-0.2, -0.15) is 0 Å². The molecule has 0 bridgehead atoms. The summed E-state index contributed by atoms with van der Waals surface area (Å²) in [5.74, 6) is 7.31. The van der Waals surface area contributed by atoms with Crippen molar-refractivity contribution in [2.24, 2.45) is 17.6 Å². The van der Waals surface area contributed by atoms with Crippen LogP contribution in [0, 0.1) is 23.7 Å². The Morgan fingerprint density at radius 2 is 1.73 bits per heavy atom. The average molecular weight is 153 g/mol. The zero-order valence-corrected chi connectivity index (χ0v) is 8.02. The van der Waals surface area contributed by atoms with Crippen molar-refractivity contribution in [3.8, 4) is 11.8 Å². The van der Waals surface area contributed by atoms with Gasteiger partial charge >= 0.3 is 0 Å². The van der Waals surface area contributed by atoms with Gasteiger partial charge in [-0.1, -0.05) is 39.0 Å². The standard InChI is InChI=1S/C10H19N/c1-5-8(2)9(3)6-7-10(4)11/h8-10H,5,11H2,1-4H3. The van der Waals surface area contributed by atoms with Crippen LogP contribution in [0.25, 0.3) is 0 Å². The van der Waals surface area contributed by atoms with E-state index in [4.69, 9.17) is 5.73 Å². The van der Waals surface area contributed by atoms with Gasteiger partial charge in [0.15, 0.2) is 0 Å². The summed E-state index contributed by atoms with van der Waals surface area (Å²) in [7, 11) is 0. The van der Waals surface area contributed by atoms with Crippen molar-refractivity contribution in [1.29, 1.82) is 0 Å². The maximum Gasteiger partial charge on any atom is 0.0636 e. The fraction of sp³-hybridized carbons (Fsp3) is 0.800. The maximum atomic E-state index is 5.51. The van der Waals surface area contributed by atoms with E-state index in [2.05, 4.69) is 32.6 Å². The molecular weight excluding hydrogens is 134 g/mol. The second-order valence-corrected chi connectivity index (χ2v) is 3.25. The van der Waals surface area contributed by atoms with Crippen molar-refractivity contribution in [3.05, 3.63) is 0 Å². The first kappa shape index (κ1) is 10.5. The van der Waals surface area contributed by atoms with E-state index in [0.717, 1.165) is 0 Å². The highest BCUT2D eigenvalue weighted by Crippen LogP contribution is 2.12. The van der Waals surface area contributed by atoms with Gasteiger partial charge in [0.2, 0.25) is 0 Å². The Bertz CT molecular complexity index is 150. The first-order valence-electron chi connectivity index (χ1n) is 4.34. The quantitative estimate of drug-likeness (QED) is 0.603. The van der Waals surface area contributed by atoms with Crippen molar-refractivity contribution in [2.45, 2.75) is 40.2 Å². The van der Waals surface area contributed by atoms with Gasteiger partial charge in [0.25, 0.3) is 0 Å². The van der Waals surface area contributed by atoms with Gasteiger partial charge in [0, 0.05) is 5.92 Å². The lowest BCUT2D eigenvalue weighted by atomic mass is 9.94. The Balaban J connectivity index is 3.88. The average Bonchev–Trinajstić information content (AvgIpc) is 1.98. The molecule has 1 heteroatoms. The summed E-state index contributed by atoms with van der Waals surface area (Å²) < 4.78 is 0. The molecule has 0 saturated heterocycles. The van der Waals surface area contributed by atoms with Crippen molar-refractivity contribution in [2.75, 3.05) is 0 Å². The molecule has 0 amide bonds. The second kappa shape index (κ2) is 5.21. The zero-order valence-electron chi connectivity index (χ0n) is 8.02. The molecule has 0 aliphatic heterocycles. The molecule has 0 aromatic heterocycles. The Morgan fingerprint density at radius 1 is 1.18 bits per heavy atom. The van der Waals surface area contributed by atoms with Gasteiger partial charge in [0.05, 0.1) is 6.04 Å². The lowest BCUT2D eigenvalue weighted by Gasteiger charge is -2.11. The third kappa shape index (κ3) is 4.86. The molecule has 0 saturated carbocycles. The van der Waals surface area contributed by atoms with Gasteiger partial charge in [-0.25, -0.2) is 0 Å². The number of rotatable bonds is 2. The molecule has 0 radical (unpaired) electrons. The predicted octanol–water partition coefficient (Wildman–Crippen LogP) is 2.02. The minimum atomic E-state index is 0.0153. The lowest BCUT2D eigenvalue weighted by Crippen LogP contribution is -2.12. The number of hydrogen-bond donors (Lipinski definition) is 1. The predicted molar refractivity (Wildman–Crippen MR) is 50.0 cm³/mol. The van der Waals surface area contributed by atoms with E-state index in [1.807, 2.05) is 6.92 Å². The number of hydrogen-bond acceptors (Lipinski definition) is 1. The molecule has 0 aliphatic rings. The van der Waals surface area contributed by atoms with Crippen LogP contribution in [0.2, 0.25) is 0 Å². The van der Waals surface area contributed by atoms with Crippen LogP contribution < -0.4 is 5.73 Å². The lowest BCUT2D eigenvalue weighted by molar-refractivity contribution is 0.458. The van der Waals surface area contributed by atoms with Gasteiger partial charge in [-0.15, -0.1) is 0 Å². The molecule has 1 nitrogen and oxygen atoms in total. The Hall–Kier alpha value is -0.480. The molecule has 0 rings (SSSR count). The largest absolute Gasteiger partial charge is 0.318 e. The fourth-order valence-electron chi connectivity index (χ4n) is 0.759. The minimum Gasteiger partial charge on any atom is -0.318 e. The van der Waals surface area contributed by atoms with Crippen molar-refractivity contribution in [3.63, 3.8) is 0 Å². The highest BCUT2D eigenvalue weighted by atomic mass is 14.6. The molecule has 0 spiro atoms. The minimum absolute atomic E-state index is 0.0153. The molecule has 64 valence electrons. The van der Waals surface area contributed by atoms with Crippen LogP contribution in [-0.4, -0.2) is 6.04 Å². The van der Waals surface area contributed by atoms with Crippen molar-refractivity contribution in [1.82, 2.24) is 0 Å². The molecule has 2 N–H and O–H groups in total. The molecule has 0 fully saturated rings. The molecular formula is C10H19N. The van der Waals surface area contributed by atoms with Crippen LogP contribution >= 0.6 is 0 Å². The van der Waals surface area contributed by atoms with E-state index in [-0.39, 0.29) is 6.04 Å². The summed E-state index contributed by atoms with van der Waals surface area (Å²) >= 11 is 0. The topological polar surface area (TPSA) is 26.0 Å². The monoisotopic (exact) mass is 153 g/mol. The Labute approximate surface area is 70.4 Å². The summed E-state index contributed by atoms with van der Waals surface area (Å²) in [4.78, 5) is 0. The van der Waals surface area contributed by atoms with Crippen molar-refractivity contribution >= 4 is 0 Å². The molecule has 11 heavy (non-hydrogen) atoms. The number of nitrogens with two attached hydrogens (primary N) is 1. The van der Waals surface area contributed by atoms with E-state index < -0.39 is 0 Å². The van der Waals surface area contributed by atoms with Crippen LogP contribution in [0.4, 0.5) is 0 Å². The summed E-state index contributed by atoms with van der Waals surface area (Å²) in [6, 6.07) is 0.0153. The molecule has 3 unspecified atom stereocenters. The van der Waals surface area contributed by atoms with E-state index >= 15 is 0 Å². The van der Waals surface area contributed by atoms with Crippen LogP contribution in [0.1, 0.15) is 34.1 Å². The molecule has 0 aliphatic carbocycles. The van der Waals surface area contributed by atoms with Crippen LogP contribution in [0.3, 0.4) is 0 Å². The van der Waals surface area contributed by atoms with E-state index in [0.29, 0.717) is 11.8 Å². The molecule has 3 atom stereocenters. The summed E-state index contributed by atoms with van der Waals surface area (Å²) in [6.45, 7) is 8.48. The first-order chi connectivity index (χ1) is 5.07. The zero-order chi connectivity index (χ0) is 8.85. The van der Waals surface area contributed by atoms with E-state index in [1.54, 1.807) is 0 Å². The van der Waals surface area contributed by atoms with E-state index in [9.17, 15) is 0 Å². The first-order valence-corrected chi connectivity index (χ1v) is 4.34. The SMILES string of the molecule is CCC(C)C(C)C#CC(C)N. The summed E-state index contributed by atoms with van der Waals surface area (Å²) in [5, 5.41) is 0. The van der Waals surface area contributed by atoms with Crippen LogP contribution in [0.5, 0.6) is 0 Å². The third-order valence-electron chi connectivity index (χ3n) is 2.04. The Morgan fingerprint density at radius 3 is 2.09 bits per heavy atom. The van der Waals surface area contributed by atoms with E-state index in [1.165, 1.54) is 6.42 Å². The summed E-state index contributed by atoms with van der Waals surface area (Å²) in [6.07, 6.45) is 1.19. The highest BCUT2D eigenvalue weighted by Gasteiger charge is 2.05. The fourth-order valence-corrected chi connectivity index (χ4v) is 0.759. The maximum absolute atomic E-state index is 5.51. The third-order valence-corrected chi connectivity index (χ3v) is 2.04. The summed E-state index contributed by atoms with van der Waals surface area (Å²) in [5.41, 5.74) is 5.51. The smallest absolute Gasteiger partial charge is 0.0636 e. The Kier molecular flexibility index (Phi) is 4.98. The van der Waals surface area contributed by atoms with Crippen LogP contribution in [-0.2, 0) is 0 Å². The van der Waals surface area contributed by atoms with Gasteiger partial charge in [0.1, 0.15) is 0 Å². The molecule has 0 heterocycles.